The van der Waals surface area contributed by atoms with Gasteiger partial charge in [0, 0.05) is 47.8 Å². The van der Waals surface area contributed by atoms with Gasteiger partial charge in [0.1, 0.15) is 11.4 Å². The minimum atomic E-state index is -0.458. The third kappa shape index (κ3) is 4.36. The SMILES string of the molecule is CCCOC(=O)N1CCC2(CC1)C[C@H](NC(=O)c1cccc3cn[nH]c13)c1cc(Br)ccc1O2. The van der Waals surface area contributed by atoms with Crippen LogP contribution in [0.3, 0.4) is 0 Å². The molecule has 3 aromatic rings. The molecule has 1 spiro atoms. The summed E-state index contributed by atoms with van der Waals surface area (Å²) in [4.78, 5) is 27.4. The summed E-state index contributed by atoms with van der Waals surface area (Å²) in [5.41, 5.74) is 1.76. The Morgan fingerprint density at radius 2 is 2.12 bits per heavy atom. The molecule has 3 heterocycles. The third-order valence-corrected chi connectivity index (χ3v) is 7.13. The van der Waals surface area contributed by atoms with E-state index in [0.717, 1.165) is 33.1 Å². The van der Waals surface area contributed by atoms with Crippen LogP contribution in [0.2, 0.25) is 0 Å². The van der Waals surface area contributed by atoms with Crippen LogP contribution < -0.4 is 10.1 Å². The average Bonchev–Trinajstić information content (AvgIpc) is 3.32. The first-order valence-corrected chi connectivity index (χ1v) is 12.4. The Bertz CT molecular complexity index is 1220. The van der Waals surface area contributed by atoms with Gasteiger partial charge in [-0.3, -0.25) is 9.89 Å². The van der Waals surface area contributed by atoms with Gasteiger partial charge in [-0.05, 0) is 30.7 Å². The molecule has 2 N–H and O–H groups in total. The number of nitrogens with one attached hydrogen (secondary N) is 2. The standard InChI is InChI=1S/C25H27BrN4O4/c1-2-12-33-24(32)30-10-8-25(9-11-30)14-20(19-13-17(26)6-7-21(19)34-25)28-23(31)18-5-3-4-16-15-27-29-22(16)18/h3-7,13,15,20H,2,8-12,14H2,1H3,(H,27,29)(H,28,31)/t20-/m0/s1. The van der Waals surface area contributed by atoms with E-state index < -0.39 is 5.60 Å². The number of para-hydroxylation sites is 1. The molecule has 1 fully saturated rings. The number of amides is 2. The van der Waals surface area contributed by atoms with Crippen LogP contribution in [0.15, 0.2) is 47.1 Å². The van der Waals surface area contributed by atoms with Gasteiger partial charge in [-0.15, -0.1) is 0 Å². The molecule has 2 aromatic carbocycles. The molecule has 0 bridgehead atoms. The molecule has 8 nitrogen and oxygen atoms in total. The van der Waals surface area contributed by atoms with Crippen LogP contribution in [0.5, 0.6) is 5.75 Å². The van der Waals surface area contributed by atoms with Crippen molar-refractivity contribution in [3.8, 4) is 5.75 Å². The Kier molecular flexibility index (Phi) is 6.20. The first-order chi connectivity index (χ1) is 16.5. The van der Waals surface area contributed by atoms with Crippen LogP contribution >= 0.6 is 15.9 Å². The van der Waals surface area contributed by atoms with Crippen molar-refractivity contribution in [2.45, 2.75) is 44.2 Å². The summed E-state index contributed by atoms with van der Waals surface area (Å²) in [7, 11) is 0. The summed E-state index contributed by atoms with van der Waals surface area (Å²) in [6, 6.07) is 11.2. The fraction of sp³-hybridized carbons (Fsp3) is 0.400. The molecule has 1 saturated heterocycles. The van der Waals surface area contributed by atoms with Crippen LogP contribution in [-0.2, 0) is 4.74 Å². The number of fused-ring (bicyclic) bond motifs is 2. The first-order valence-electron chi connectivity index (χ1n) is 11.6. The Morgan fingerprint density at radius 3 is 2.91 bits per heavy atom. The molecule has 34 heavy (non-hydrogen) atoms. The lowest BCUT2D eigenvalue weighted by Crippen LogP contribution is -2.53. The van der Waals surface area contributed by atoms with E-state index in [0.29, 0.717) is 44.5 Å². The van der Waals surface area contributed by atoms with E-state index in [4.69, 9.17) is 9.47 Å². The number of piperidine rings is 1. The lowest BCUT2D eigenvalue weighted by Gasteiger charge is -2.46. The number of likely N-dealkylation sites (tertiary alicyclic amines) is 1. The van der Waals surface area contributed by atoms with Crippen molar-refractivity contribution in [2.24, 2.45) is 0 Å². The first kappa shape index (κ1) is 22.7. The second kappa shape index (κ2) is 9.29. The summed E-state index contributed by atoms with van der Waals surface area (Å²) in [6.45, 7) is 3.52. The number of hydrogen-bond acceptors (Lipinski definition) is 5. The minimum absolute atomic E-state index is 0.164. The molecule has 178 valence electrons. The maximum Gasteiger partial charge on any atom is 0.409 e. The molecule has 2 amide bonds. The number of halogens is 1. The van der Waals surface area contributed by atoms with E-state index in [-0.39, 0.29) is 18.0 Å². The normalized spacial score (nSPS) is 18.9. The number of hydrogen-bond donors (Lipinski definition) is 2. The molecular formula is C25H27BrN4O4. The van der Waals surface area contributed by atoms with Gasteiger partial charge in [0.25, 0.3) is 5.91 Å². The maximum atomic E-state index is 13.4. The molecule has 5 rings (SSSR count). The molecule has 1 aromatic heterocycles. The summed E-state index contributed by atoms with van der Waals surface area (Å²) >= 11 is 3.55. The van der Waals surface area contributed by atoms with Gasteiger partial charge in [-0.1, -0.05) is 35.0 Å². The lowest BCUT2D eigenvalue weighted by atomic mass is 9.80. The van der Waals surface area contributed by atoms with Crippen molar-refractivity contribution >= 4 is 38.8 Å². The van der Waals surface area contributed by atoms with E-state index in [1.807, 2.05) is 37.3 Å². The average molecular weight is 527 g/mol. The predicted octanol–water partition coefficient (Wildman–Crippen LogP) is 4.96. The summed E-state index contributed by atoms with van der Waals surface area (Å²) in [6.07, 6.45) is 4.21. The number of aromatic nitrogens is 2. The number of ether oxygens (including phenoxy) is 2. The Balaban J connectivity index is 1.38. The monoisotopic (exact) mass is 526 g/mol. The zero-order valence-corrected chi connectivity index (χ0v) is 20.6. The highest BCUT2D eigenvalue weighted by Crippen LogP contribution is 2.45. The van der Waals surface area contributed by atoms with Gasteiger partial charge in [0.05, 0.1) is 29.9 Å². The number of aromatic amines is 1. The smallest absolute Gasteiger partial charge is 0.409 e. The van der Waals surface area contributed by atoms with E-state index in [9.17, 15) is 9.59 Å². The molecule has 1 atom stereocenters. The Hall–Kier alpha value is -3.07. The summed E-state index contributed by atoms with van der Waals surface area (Å²) in [5, 5.41) is 11.1. The molecule has 0 saturated carbocycles. The van der Waals surface area contributed by atoms with Crippen LogP contribution in [0.25, 0.3) is 10.9 Å². The molecule has 0 unspecified atom stereocenters. The van der Waals surface area contributed by atoms with Gasteiger partial charge in [-0.25, -0.2) is 4.79 Å². The van der Waals surface area contributed by atoms with E-state index in [2.05, 4.69) is 31.4 Å². The Morgan fingerprint density at radius 1 is 1.29 bits per heavy atom. The topological polar surface area (TPSA) is 96.5 Å². The van der Waals surface area contributed by atoms with Crippen LogP contribution in [0.4, 0.5) is 4.79 Å². The molecule has 0 aliphatic carbocycles. The quantitative estimate of drug-likeness (QED) is 0.500. The largest absolute Gasteiger partial charge is 0.487 e. The van der Waals surface area contributed by atoms with Gasteiger partial charge in [-0.2, -0.15) is 5.10 Å². The number of carbonyl (C=O) groups excluding carboxylic acids is 2. The molecule has 9 heteroatoms. The van der Waals surface area contributed by atoms with E-state index in [1.165, 1.54) is 0 Å². The Labute approximate surface area is 206 Å². The number of benzene rings is 2. The molecule has 2 aliphatic heterocycles. The fourth-order valence-electron chi connectivity index (χ4n) is 4.85. The van der Waals surface area contributed by atoms with Crippen molar-refractivity contribution in [2.75, 3.05) is 19.7 Å². The van der Waals surface area contributed by atoms with Crippen molar-refractivity contribution in [3.05, 3.63) is 58.2 Å². The van der Waals surface area contributed by atoms with Crippen LogP contribution in [0, 0.1) is 0 Å². The summed E-state index contributed by atoms with van der Waals surface area (Å²) in [5.74, 6) is 0.602. The van der Waals surface area contributed by atoms with E-state index in [1.54, 1.807) is 17.2 Å². The minimum Gasteiger partial charge on any atom is -0.487 e. The zero-order valence-electron chi connectivity index (χ0n) is 19.0. The van der Waals surface area contributed by atoms with Crippen LogP contribution in [-0.4, -0.2) is 52.4 Å². The number of rotatable bonds is 4. The predicted molar refractivity (Wildman–Crippen MR) is 131 cm³/mol. The van der Waals surface area contributed by atoms with Crippen LogP contribution in [0.1, 0.15) is 54.6 Å². The highest BCUT2D eigenvalue weighted by atomic mass is 79.9. The number of nitrogens with zero attached hydrogens (tertiary/aromatic N) is 2. The zero-order chi connectivity index (χ0) is 23.7. The van der Waals surface area contributed by atoms with Gasteiger partial charge < -0.3 is 19.7 Å². The molecule has 2 aliphatic rings. The molecular weight excluding hydrogens is 500 g/mol. The second-order valence-corrected chi connectivity index (χ2v) is 9.85. The van der Waals surface area contributed by atoms with Gasteiger partial charge in [0.15, 0.2) is 0 Å². The maximum absolute atomic E-state index is 13.4. The highest BCUT2D eigenvalue weighted by Gasteiger charge is 2.44. The van der Waals surface area contributed by atoms with Gasteiger partial charge >= 0.3 is 6.09 Å². The lowest BCUT2D eigenvalue weighted by molar-refractivity contribution is -0.0237. The molecule has 0 radical (unpaired) electrons. The van der Waals surface area contributed by atoms with Crippen molar-refractivity contribution in [3.63, 3.8) is 0 Å². The fourth-order valence-corrected chi connectivity index (χ4v) is 5.23. The summed E-state index contributed by atoms with van der Waals surface area (Å²) < 4.78 is 12.8. The second-order valence-electron chi connectivity index (χ2n) is 8.94. The van der Waals surface area contributed by atoms with Gasteiger partial charge in [0.2, 0.25) is 0 Å². The third-order valence-electron chi connectivity index (χ3n) is 6.64. The van der Waals surface area contributed by atoms with Crippen molar-refractivity contribution in [1.29, 1.82) is 0 Å². The van der Waals surface area contributed by atoms with E-state index >= 15 is 0 Å². The highest BCUT2D eigenvalue weighted by molar-refractivity contribution is 9.10. The number of carbonyl (C=O) groups is 2. The van der Waals surface area contributed by atoms with Crippen molar-refractivity contribution < 1.29 is 19.1 Å². The number of H-pyrrole nitrogens is 1. The van der Waals surface area contributed by atoms with Crippen molar-refractivity contribution in [1.82, 2.24) is 20.4 Å².